The van der Waals surface area contributed by atoms with Crippen molar-refractivity contribution in [3.63, 3.8) is 0 Å². The van der Waals surface area contributed by atoms with Gasteiger partial charge in [0.2, 0.25) is 0 Å². The monoisotopic (exact) mass is 351 g/mol. The minimum absolute atomic E-state index is 0.162. The number of aryl methyl sites for hydroxylation is 1. The maximum Gasteiger partial charge on any atom is 0.0294 e. The lowest BCUT2D eigenvalue weighted by molar-refractivity contribution is 0.611. The molecule has 0 aliphatic heterocycles. The van der Waals surface area contributed by atoms with Gasteiger partial charge in [0.25, 0.3) is 0 Å². The minimum Gasteiger partial charge on any atom is -0.324 e. The highest BCUT2D eigenvalue weighted by molar-refractivity contribution is 14.1. The van der Waals surface area contributed by atoms with Crippen molar-refractivity contribution in [3.8, 4) is 0 Å². The average molecular weight is 351 g/mol. The molecular formula is C16H18IN. The molecule has 0 fully saturated rings. The minimum atomic E-state index is 0.162. The number of benzene rings is 2. The van der Waals surface area contributed by atoms with Crippen molar-refractivity contribution in [3.05, 3.63) is 69.3 Å². The third-order valence-corrected chi connectivity index (χ3v) is 3.84. The molecule has 0 aromatic heterocycles. The molecular weight excluding hydrogens is 333 g/mol. The summed E-state index contributed by atoms with van der Waals surface area (Å²) in [6, 6.07) is 19.2. The molecule has 0 spiro atoms. The van der Waals surface area contributed by atoms with Crippen molar-refractivity contribution < 1.29 is 0 Å². The molecule has 1 unspecified atom stereocenters. The normalized spacial score (nSPS) is 12.3. The summed E-state index contributed by atoms with van der Waals surface area (Å²) in [5, 5.41) is 0. The molecule has 1 atom stereocenters. The Labute approximate surface area is 123 Å². The fraction of sp³-hybridized carbons (Fsp3) is 0.250. The van der Waals surface area contributed by atoms with E-state index in [0.717, 1.165) is 19.3 Å². The number of hydrogen-bond donors (Lipinski definition) is 1. The average Bonchev–Trinajstić information content (AvgIpc) is 2.42. The van der Waals surface area contributed by atoms with Crippen LogP contribution >= 0.6 is 22.6 Å². The van der Waals surface area contributed by atoms with Crippen LogP contribution in [-0.4, -0.2) is 0 Å². The Kier molecular flexibility index (Phi) is 5.20. The second kappa shape index (κ2) is 6.90. The van der Waals surface area contributed by atoms with Crippen molar-refractivity contribution in [1.29, 1.82) is 0 Å². The Morgan fingerprint density at radius 1 is 0.944 bits per heavy atom. The van der Waals surface area contributed by atoms with Crippen LogP contribution in [-0.2, 0) is 6.42 Å². The molecule has 0 aliphatic rings. The lowest BCUT2D eigenvalue weighted by atomic mass is 10.00. The van der Waals surface area contributed by atoms with E-state index >= 15 is 0 Å². The summed E-state index contributed by atoms with van der Waals surface area (Å²) in [4.78, 5) is 0. The highest BCUT2D eigenvalue weighted by atomic mass is 127. The molecule has 18 heavy (non-hydrogen) atoms. The fourth-order valence-electron chi connectivity index (χ4n) is 2.04. The molecule has 0 aliphatic carbocycles. The molecule has 2 rings (SSSR count). The highest BCUT2D eigenvalue weighted by Gasteiger charge is 2.04. The second-order valence-corrected chi connectivity index (χ2v) is 5.78. The summed E-state index contributed by atoms with van der Waals surface area (Å²) in [6.07, 6.45) is 3.28. The number of rotatable bonds is 5. The molecule has 0 radical (unpaired) electrons. The van der Waals surface area contributed by atoms with E-state index in [0.29, 0.717) is 0 Å². The summed E-state index contributed by atoms with van der Waals surface area (Å²) in [5.41, 5.74) is 8.82. The van der Waals surface area contributed by atoms with Gasteiger partial charge in [-0.15, -0.1) is 0 Å². The number of nitrogens with two attached hydrogens (primary N) is 1. The smallest absolute Gasteiger partial charge is 0.0294 e. The van der Waals surface area contributed by atoms with Crippen molar-refractivity contribution in [2.75, 3.05) is 0 Å². The van der Waals surface area contributed by atoms with Crippen molar-refractivity contribution >= 4 is 22.6 Å². The Hall–Kier alpha value is -0.870. The molecule has 0 saturated heterocycles. The Balaban J connectivity index is 1.80. The molecule has 0 saturated carbocycles. The molecule has 2 heteroatoms. The zero-order chi connectivity index (χ0) is 12.8. The predicted octanol–water partition coefficient (Wildman–Crippen LogP) is 4.31. The van der Waals surface area contributed by atoms with E-state index in [2.05, 4.69) is 59.0 Å². The second-order valence-electron chi connectivity index (χ2n) is 4.54. The van der Waals surface area contributed by atoms with E-state index in [1.165, 1.54) is 14.7 Å². The van der Waals surface area contributed by atoms with Gasteiger partial charge in [0.15, 0.2) is 0 Å². The van der Waals surface area contributed by atoms with Gasteiger partial charge in [-0.05, 0) is 65.1 Å². The number of hydrogen-bond acceptors (Lipinski definition) is 1. The largest absolute Gasteiger partial charge is 0.324 e. The first kappa shape index (κ1) is 13.6. The molecule has 94 valence electrons. The van der Waals surface area contributed by atoms with Crippen LogP contribution in [0.15, 0.2) is 54.6 Å². The standard InChI is InChI=1S/C16H18IN/c17-15-11-9-13(10-12-15)5-4-8-16(18)14-6-2-1-3-7-14/h1-3,6-7,9-12,16H,4-5,8,18H2. The van der Waals surface area contributed by atoms with Gasteiger partial charge in [-0.1, -0.05) is 42.5 Å². The summed E-state index contributed by atoms with van der Waals surface area (Å²) in [7, 11) is 0. The zero-order valence-corrected chi connectivity index (χ0v) is 12.5. The third kappa shape index (κ3) is 4.10. The summed E-state index contributed by atoms with van der Waals surface area (Å²) < 4.78 is 1.29. The van der Waals surface area contributed by atoms with E-state index < -0.39 is 0 Å². The van der Waals surface area contributed by atoms with Crippen LogP contribution in [0.5, 0.6) is 0 Å². The van der Waals surface area contributed by atoms with Gasteiger partial charge in [-0.25, -0.2) is 0 Å². The Morgan fingerprint density at radius 2 is 1.61 bits per heavy atom. The lowest BCUT2D eigenvalue weighted by Crippen LogP contribution is -2.10. The van der Waals surface area contributed by atoms with Crippen LogP contribution in [0.1, 0.15) is 30.0 Å². The predicted molar refractivity (Wildman–Crippen MR) is 85.5 cm³/mol. The molecule has 2 aromatic rings. The van der Waals surface area contributed by atoms with E-state index in [9.17, 15) is 0 Å². The van der Waals surface area contributed by atoms with Crippen molar-refractivity contribution in [1.82, 2.24) is 0 Å². The van der Waals surface area contributed by atoms with Gasteiger partial charge in [-0.3, -0.25) is 0 Å². The van der Waals surface area contributed by atoms with Gasteiger partial charge < -0.3 is 5.73 Å². The van der Waals surface area contributed by atoms with Crippen LogP contribution in [0, 0.1) is 3.57 Å². The molecule has 0 bridgehead atoms. The van der Waals surface area contributed by atoms with Crippen molar-refractivity contribution in [2.45, 2.75) is 25.3 Å². The molecule has 2 aromatic carbocycles. The van der Waals surface area contributed by atoms with E-state index in [1.807, 2.05) is 18.2 Å². The Morgan fingerprint density at radius 3 is 2.28 bits per heavy atom. The van der Waals surface area contributed by atoms with E-state index in [1.54, 1.807) is 0 Å². The first-order valence-corrected chi connectivity index (χ1v) is 7.38. The molecule has 1 nitrogen and oxygen atoms in total. The van der Waals surface area contributed by atoms with Gasteiger partial charge in [0.1, 0.15) is 0 Å². The quantitative estimate of drug-likeness (QED) is 0.798. The first-order valence-electron chi connectivity index (χ1n) is 6.30. The summed E-state index contributed by atoms with van der Waals surface area (Å²) in [6.45, 7) is 0. The van der Waals surface area contributed by atoms with Crippen LogP contribution in [0.3, 0.4) is 0 Å². The third-order valence-electron chi connectivity index (χ3n) is 3.12. The maximum absolute atomic E-state index is 6.18. The summed E-state index contributed by atoms with van der Waals surface area (Å²) >= 11 is 2.33. The molecule has 2 N–H and O–H groups in total. The first-order chi connectivity index (χ1) is 8.75. The molecule has 0 amide bonds. The SMILES string of the molecule is NC(CCCc1ccc(I)cc1)c1ccccc1. The zero-order valence-electron chi connectivity index (χ0n) is 10.4. The van der Waals surface area contributed by atoms with Gasteiger partial charge >= 0.3 is 0 Å². The van der Waals surface area contributed by atoms with Crippen LogP contribution in [0.25, 0.3) is 0 Å². The van der Waals surface area contributed by atoms with Gasteiger partial charge in [-0.2, -0.15) is 0 Å². The fourth-order valence-corrected chi connectivity index (χ4v) is 2.40. The highest BCUT2D eigenvalue weighted by Crippen LogP contribution is 2.17. The van der Waals surface area contributed by atoms with Gasteiger partial charge in [0.05, 0.1) is 0 Å². The summed E-state index contributed by atoms with van der Waals surface area (Å²) in [5.74, 6) is 0. The van der Waals surface area contributed by atoms with Crippen LogP contribution in [0.2, 0.25) is 0 Å². The topological polar surface area (TPSA) is 26.0 Å². The maximum atomic E-state index is 6.18. The number of halogens is 1. The van der Waals surface area contributed by atoms with Crippen LogP contribution in [0.4, 0.5) is 0 Å². The van der Waals surface area contributed by atoms with E-state index in [4.69, 9.17) is 5.73 Å². The van der Waals surface area contributed by atoms with Gasteiger partial charge in [0, 0.05) is 9.61 Å². The van der Waals surface area contributed by atoms with Crippen molar-refractivity contribution in [2.24, 2.45) is 5.73 Å². The Bertz CT molecular complexity index is 464. The molecule has 0 heterocycles. The lowest BCUT2D eigenvalue weighted by Gasteiger charge is -2.11. The van der Waals surface area contributed by atoms with E-state index in [-0.39, 0.29) is 6.04 Å². The van der Waals surface area contributed by atoms with Crippen LogP contribution < -0.4 is 5.73 Å².